The second-order valence-corrected chi connectivity index (χ2v) is 6.28. The molecule has 0 heterocycles. The van der Waals surface area contributed by atoms with Gasteiger partial charge in [0.15, 0.2) is 0 Å². The Balaban J connectivity index is 3.15. The van der Waals surface area contributed by atoms with Crippen molar-refractivity contribution >= 4 is 19.6 Å². The SMILES string of the molecule is CCOC(=O)C/C=C(\OP(=O)(OCC)OCC)c1cccc(OC)c1. The van der Waals surface area contributed by atoms with E-state index in [9.17, 15) is 9.36 Å². The molecule has 25 heavy (non-hydrogen) atoms. The van der Waals surface area contributed by atoms with Crippen LogP contribution in [0.15, 0.2) is 30.3 Å². The zero-order chi connectivity index (χ0) is 18.7. The van der Waals surface area contributed by atoms with Gasteiger partial charge in [0.05, 0.1) is 33.4 Å². The van der Waals surface area contributed by atoms with Gasteiger partial charge in [0, 0.05) is 5.56 Å². The Kier molecular flexibility index (Phi) is 9.27. The van der Waals surface area contributed by atoms with Crippen LogP contribution in [0.2, 0.25) is 0 Å². The number of carbonyl (C=O) groups is 1. The minimum atomic E-state index is -3.80. The first-order chi connectivity index (χ1) is 12.0. The van der Waals surface area contributed by atoms with Crippen LogP contribution in [0.4, 0.5) is 0 Å². The van der Waals surface area contributed by atoms with Gasteiger partial charge in [-0.15, -0.1) is 0 Å². The van der Waals surface area contributed by atoms with Crippen molar-refractivity contribution in [3.05, 3.63) is 35.9 Å². The number of rotatable bonds is 11. The molecule has 7 nitrogen and oxygen atoms in total. The average molecular weight is 372 g/mol. The highest BCUT2D eigenvalue weighted by atomic mass is 31.2. The summed E-state index contributed by atoms with van der Waals surface area (Å²) in [6.07, 6.45) is 1.44. The van der Waals surface area contributed by atoms with Crippen molar-refractivity contribution < 1.29 is 32.4 Å². The van der Waals surface area contributed by atoms with Gasteiger partial charge in [-0.2, -0.15) is 0 Å². The predicted molar refractivity (Wildman–Crippen MR) is 94.2 cm³/mol. The molecule has 0 spiro atoms. The monoisotopic (exact) mass is 372 g/mol. The lowest BCUT2D eigenvalue weighted by molar-refractivity contribution is -0.142. The summed E-state index contributed by atoms with van der Waals surface area (Å²) in [7, 11) is -2.27. The molecule has 0 saturated heterocycles. The predicted octanol–water partition coefficient (Wildman–Crippen LogP) is 4.19. The van der Waals surface area contributed by atoms with Gasteiger partial charge < -0.3 is 14.0 Å². The van der Waals surface area contributed by atoms with Crippen LogP contribution in [-0.4, -0.2) is 32.9 Å². The molecular weight excluding hydrogens is 347 g/mol. The van der Waals surface area contributed by atoms with Crippen LogP contribution in [-0.2, 0) is 27.7 Å². The van der Waals surface area contributed by atoms with E-state index in [4.69, 9.17) is 23.0 Å². The van der Waals surface area contributed by atoms with Gasteiger partial charge in [-0.1, -0.05) is 12.1 Å². The lowest BCUT2D eigenvalue weighted by atomic mass is 10.1. The van der Waals surface area contributed by atoms with Gasteiger partial charge in [0.1, 0.15) is 11.5 Å². The van der Waals surface area contributed by atoms with Gasteiger partial charge in [-0.05, 0) is 39.0 Å². The van der Waals surface area contributed by atoms with Gasteiger partial charge in [0.2, 0.25) is 0 Å². The van der Waals surface area contributed by atoms with Gasteiger partial charge >= 0.3 is 13.8 Å². The lowest BCUT2D eigenvalue weighted by Crippen LogP contribution is -2.04. The Labute approximate surface area is 148 Å². The van der Waals surface area contributed by atoms with Crippen molar-refractivity contribution in [3.63, 3.8) is 0 Å². The third kappa shape index (κ3) is 7.30. The van der Waals surface area contributed by atoms with Crippen LogP contribution in [0.25, 0.3) is 5.76 Å². The summed E-state index contributed by atoms with van der Waals surface area (Å²) in [4.78, 5) is 11.6. The topological polar surface area (TPSA) is 80.3 Å². The third-order valence-electron chi connectivity index (χ3n) is 2.90. The first kappa shape index (κ1) is 21.2. The molecule has 0 N–H and O–H groups in total. The van der Waals surface area contributed by atoms with E-state index in [1.165, 1.54) is 13.2 Å². The highest BCUT2D eigenvalue weighted by Gasteiger charge is 2.29. The summed E-state index contributed by atoms with van der Waals surface area (Å²) in [5, 5.41) is 0. The summed E-state index contributed by atoms with van der Waals surface area (Å²) in [5.74, 6) is 0.358. The molecule has 0 aliphatic carbocycles. The van der Waals surface area contributed by atoms with E-state index < -0.39 is 13.8 Å². The number of methoxy groups -OCH3 is 1. The Morgan fingerprint density at radius 1 is 1.12 bits per heavy atom. The molecule has 0 amide bonds. The van der Waals surface area contributed by atoms with E-state index in [-0.39, 0.29) is 32.0 Å². The molecular formula is C17H25O7P. The van der Waals surface area contributed by atoms with Crippen LogP contribution in [0, 0.1) is 0 Å². The Morgan fingerprint density at radius 2 is 1.80 bits per heavy atom. The number of benzene rings is 1. The summed E-state index contributed by atoms with van der Waals surface area (Å²) >= 11 is 0. The quantitative estimate of drug-likeness (QED) is 0.327. The van der Waals surface area contributed by atoms with Gasteiger partial charge in [-0.25, -0.2) is 4.57 Å². The fraction of sp³-hybridized carbons (Fsp3) is 0.471. The first-order valence-corrected chi connectivity index (χ1v) is 9.52. The van der Waals surface area contributed by atoms with Crippen LogP contribution < -0.4 is 4.74 Å². The maximum absolute atomic E-state index is 12.7. The number of esters is 1. The number of phosphoric ester groups is 1. The van der Waals surface area contributed by atoms with Crippen LogP contribution in [0.1, 0.15) is 32.8 Å². The third-order valence-corrected chi connectivity index (χ3v) is 4.47. The fourth-order valence-corrected chi connectivity index (χ4v) is 3.14. The second kappa shape index (κ2) is 10.9. The normalized spacial score (nSPS) is 11.9. The molecule has 8 heteroatoms. The molecule has 0 aromatic heterocycles. The molecule has 1 aromatic rings. The molecule has 140 valence electrons. The molecule has 0 fully saturated rings. The van der Waals surface area contributed by atoms with Crippen molar-refractivity contribution in [1.82, 2.24) is 0 Å². The van der Waals surface area contributed by atoms with Crippen molar-refractivity contribution in [3.8, 4) is 5.75 Å². The number of ether oxygens (including phenoxy) is 2. The maximum Gasteiger partial charge on any atom is 0.530 e. The molecule has 0 aliphatic rings. The van der Waals surface area contributed by atoms with E-state index in [2.05, 4.69) is 0 Å². The number of hydrogen-bond donors (Lipinski definition) is 0. The van der Waals surface area contributed by atoms with Gasteiger partial charge in [0.25, 0.3) is 0 Å². The molecule has 0 aliphatic heterocycles. The van der Waals surface area contributed by atoms with Crippen LogP contribution in [0.5, 0.6) is 5.75 Å². The van der Waals surface area contributed by atoms with E-state index in [1.54, 1.807) is 45.0 Å². The zero-order valence-corrected chi connectivity index (χ0v) is 15.9. The van der Waals surface area contributed by atoms with E-state index >= 15 is 0 Å². The molecule has 0 atom stereocenters. The minimum Gasteiger partial charge on any atom is -0.497 e. The first-order valence-electron chi connectivity index (χ1n) is 8.06. The lowest BCUT2D eigenvalue weighted by Gasteiger charge is -2.19. The standard InChI is InChI=1S/C17H25O7P/c1-5-21-17(18)12-11-16(14-9-8-10-15(13-14)20-4)24-25(19,22-6-2)23-7-3/h8-11,13H,5-7,12H2,1-4H3/b16-11-. The smallest absolute Gasteiger partial charge is 0.497 e. The summed E-state index contributed by atoms with van der Waals surface area (Å²) in [5.41, 5.74) is 0.572. The maximum atomic E-state index is 12.7. The van der Waals surface area contributed by atoms with Crippen LogP contribution in [0.3, 0.4) is 0 Å². The zero-order valence-electron chi connectivity index (χ0n) is 15.0. The Morgan fingerprint density at radius 3 is 2.36 bits per heavy atom. The average Bonchev–Trinajstić information content (AvgIpc) is 2.59. The van der Waals surface area contributed by atoms with Gasteiger partial charge in [-0.3, -0.25) is 13.8 Å². The summed E-state index contributed by atoms with van der Waals surface area (Å²) < 4.78 is 38.6. The second-order valence-electron chi connectivity index (χ2n) is 4.68. The molecule has 1 rings (SSSR count). The van der Waals surface area contributed by atoms with Crippen molar-refractivity contribution in [2.24, 2.45) is 0 Å². The molecule has 0 bridgehead atoms. The largest absolute Gasteiger partial charge is 0.530 e. The highest BCUT2D eigenvalue weighted by molar-refractivity contribution is 7.48. The van der Waals surface area contributed by atoms with Crippen molar-refractivity contribution in [2.75, 3.05) is 26.9 Å². The summed E-state index contributed by atoms with van der Waals surface area (Å²) in [6.45, 7) is 5.67. The molecule has 0 unspecified atom stereocenters. The molecule has 0 saturated carbocycles. The summed E-state index contributed by atoms with van der Waals surface area (Å²) in [6, 6.07) is 6.94. The van der Waals surface area contributed by atoms with Crippen molar-refractivity contribution in [2.45, 2.75) is 27.2 Å². The molecule has 1 aromatic carbocycles. The number of phosphoric acid groups is 1. The fourth-order valence-electron chi connectivity index (χ4n) is 1.91. The number of carbonyl (C=O) groups excluding carboxylic acids is 1. The van der Waals surface area contributed by atoms with E-state index in [0.717, 1.165) is 0 Å². The Bertz CT molecular complexity index is 617. The highest BCUT2D eigenvalue weighted by Crippen LogP contribution is 2.52. The number of hydrogen-bond acceptors (Lipinski definition) is 7. The van der Waals surface area contributed by atoms with Crippen molar-refractivity contribution in [1.29, 1.82) is 0 Å². The Hall–Kier alpha value is -1.82. The van der Waals surface area contributed by atoms with E-state index in [1.807, 2.05) is 0 Å². The van der Waals surface area contributed by atoms with E-state index in [0.29, 0.717) is 11.3 Å². The van der Waals surface area contributed by atoms with Crippen LogP contribution >= 0.6 is 7.82 Å². The molecule has 0 radical (unpaired) electrons. The minimum absolute atomic E-state index is 0.0430.